The third-order valence-electron chi connectivity index (χ3n) is 2.90. The fraction of sp³-hybridized carbons (Fsp3) is 0.308. The number of aldehydes is 1. The van der Waals surface area contributed by atoms with Crippen molar-refractivity contribution in [3.8, 4) is 0 Å². The van der Waals surface area contributed by atoms with Crippen LogP contribution in [0.1, 0.15) is 23.7 Å². The Morgan fingerprint density at radius 3 is 2.88 bits per heavy atom. The molecule has 1 heterocycles. The van der Waals surface area contributed by atoms with E-state index in [2.05, 4.69) is 13.0 Å². The maximum absolute atomic E-state index is 13.7. The average Bonchev–Trinajstić information content (AvgIpc) is 2.30. The van der Waals surface area contributed by atoms with E-state index in [0.717, 1.165) is 13.0 Å². The van der Waals surface area contributed by atoms with Crippen molar-refractivity contribution in [3.63, 3.8) is 0 Å². The van der Waals surface area contributed by atoms with E-state index in [1.165, 1.54) is 11.6 Å². The molecule has 0 bridgehead atoms. The van der Waals surface area contributed by atoms with Gasteiger partial charge in [-0.1, -0.05) is 17.7 Å². The Kier molecular flexibility index (Phi) is 3.04. The quantitative estimate of drug-likeness (QED) is 0.563. The monoisotopic (exact) mass is 219 g/mol. The highest BCUT2D eigenvalue weighted by Gasteiger charge is 2.17. The van der Waals surface area contributed by atoms with Crippen LogP contribution in [-0.2, 0) is 0 Å². The fourth-order valence-corrected chi connectivity index (χ4v) is 1.93. The first-order valence-electron chi connectivity index (χ1n) is 5.36. The molecule has 2 rings (SSSR count). The number of nitrogens with zero attached hydrogens (tertiary/aromatic N) is 1. The van der Waals surface area contributed by atoms with Crippen LogP contribution in [0.3, 0.4) is 0 Å². The van der Waals surface area contributed by atoms with Crippen molar-refractivity contribution in [2.75, 3.05) is 18.0 Å². The minimum atomic E-state index is -0.322. The third-order valence-corrected chi connectivity index (χ3v) is 2.90. The van der Waals surface area contributed by atoms with Gasteiger partial charge in [-0.2, -0.15) is 0 Å². The lowest BCUT2D eigenvalue weighted by Crippen LogP contribution is -2.29. The van der Waals surface area contributed by atoms with Gasteiger partial charge in [-0.25, -0.2) is 4.39 Å². The molecule has 0 fully saturated rings. The van der Waals surface area contributed by atoms with Crippen molar-refractivity contribution < 1.29 is 9.18 Å². The minimum Gasteiger partial charge on any atom is -0.365 e. The second kappa shape index (κ2) is 4.47. The molecule has 1 aromatic rings. The Morgan fingerprint density at radius 1 is 1.44 bits per heavy atom. The molecule has 1 aliphatic heterocycles. The van der Waals surface area contributed by atoms with Crippen molar-refractivity contribution in [2.45, 2.75) is 13.3 Å². The molecule has 0 aliphatic carbocycles. The summed E-state index contributed by atoms with van der Waals surface area (Å²) >= 11 is 0. The summed E-state index contributed by atoms with van der Waals surface area (Å²) in [4.78, 5) is 12.8. The summed E-state index contributed by atoms with van der Waals surface area (Å²) in [5.41, 5.74) is 2.18. The largest absolute Gasteiger partial charge is 0.365 e. The number of halogens is 1. The predicted molar refractivity (Wildman–Crippen MR) is 62.4 cm³/mol. The highest BCUT2D eigenvalue weighted by molar-refractivity contribution is 5.85. The van der Waals surface area contributed by atoms with Crippen molar-refractivity contribution >= 4 is 12.0 Å². The van der Waals surface area contributed by atoms with Crippen LogP contribution < -0.4 is 4.90 Å². The molecular formula is C13H14FNO. The van der Waals surface area contributed by atoms with Gasteiger partial charge in [-0.15, -0.1) is 0 Å². The fourth-order valence-electron chi connectivity index (χ4n) is 1.93. The van der Waals surface area contributed by atoms with E-state index >= 15 is 0 Å². The Morgan fingerprint density at radius 2 is 2.25 bits per heavy atom. The second-order valence-electron chi connectivity index (χ2n) is 4.04. The van der Waals surface area contributed by atoms with Gasteiger partial charge >= 0.3 is 0 Å². The lowest BCUT2D eigenvalue weighted by molar-refractivity contribution is 0.112. The molecule has 1 aliphatic rings. The highest BCUT2D eigenvalue weighted by Crippen LogP contribution is 2.25. The molecule has 0 saturated heterocycles. The smallest absolute Gasteiger partial charge is 0.152 e. The van der Waals surface area contributed by atoms with Crippen LogP contribution in [0.25, 0.3) is 0 Å². The summed E-state index contributed by atoms with van der Waals surface area (Å²) in [7, 11) is 0. The number of hydrogen-bond acceptors (Lipinski definition) is 2. The maximum Gasteiger partial charge on any atom is 0.152 e. The van der Waals surface area contributed by atoms with E-state index in [1.807, 2.05) is 4.90 Å². The molecule has 84 valence electrons. The molecule has 0 spiro atoms. The van der Waals surface area contributed by atoms with Crippen LogP contribution in [0, 0.1) is 5.82 Å². The van der Waals surface area contributed by atoms with E-state index in [1.54, 1.807) is 12.1 Å². The van der Waals surface area contributed by atoms with Crippen LogP contribution in [0.2, 0.25) is 0 Å². The van der Waals surface area contributed by atoms with Crippen molar-refractivity contribution in [3.05, 3.63) is 41.2 Å². The van der Waals surface area contributed by atoms with Gasteiger partial charge in [0.25, 0.3) is 0 Å². The summed E-state index contributed by atoms with van der Waals surface area (Å²) < 4.78 is 13.7. The first-order chi connectivity index (χ1) is 7.72. The van der Waals surface area contributed by atoms with Gasteiger partial charge in [0.1, 0.15) is 5.82 Å². The van der Waals surface area contributed by atoms with Crippen LogP contribution >= 0.6 is 0 Å². The molecule has 1 aromatic carbocycles. The van der Waals surface area contributed by atoms with Gasteiger partial charge in [0, 0.05) is 18.7 Å². The summed E-state index contributed by atoms with van der Waals surface area (Å²) in [5, 5.41) is 0. The Labute approximate surface area is 94.4 Å². The molecule has 3 heteroatoms. The first kappa shape index (κ1) is 10.9. The van der Waals surface area contributed by atoms with E-state index in [4.69, 9.17) is 0 Å². The number of anilines is 1. The van der Waals surface area contributed by atoms with E-state index in [-0.39, 0.29) is 5.82 Å². The van der Waals surface area contributed by atoms with Crippen LogP contribution in [0.5, 0.6) is 0 Å². The predicted octanol–water partition coefficient (Wildman–Crippen LogP) is 2.79. The lowest BCUT2D eigenvalue weighted by atomic mass is 10.1. The number of carbonyl (C=O) groups excluding carboxylic acids is 1. The van der Waals surface area contributed by atoms with E-state index < -0.39 is 0 Å². The topological polar surface area (TPSA) is 20.3 Å². The van der Waals surface area contributed by atoms with Crippen molar-refractivity contribution in [1.29, 1.82) is 0 Å². The molecule has 0 N–H and O–H groups in total. The highest BCUT2D eigenvalue weighted by atomic mass is 19.1. The van der Waals surface area contributed by atoms with Crippen LogP contribution in [0.4, 0.5) is 10.1 Å². The summed E-state index contributed by atoms with van der Waals surface area (Å²) in [6.07, 6.45) is 3.71. The average molecular weight is 219 g/mol. The first-order valence-corrected chi connectivity index (χ1v) is 5.36. The van der Waals surface area contributed by atoms with Gasteiger partial charge in [0.2, 0.25) is 0 Å². The standard InChI is InChI=1S/C13H14FNO/c1-10-5-7-15(8-6-10)13-11(9-16)3-2-4-12(13)14/h2-5,9H,6-8H2,1H3. The SMILES string of the molecule is CC1=CCN(c2c(F)cccc2C=O)CC1. The van der Waals surface area contributed by atoms with E-state index in [0.29, 0.717) is 24.1 Å². The maximum atomic E-state index is 13.7. The molecule has 0 aromatic heterocycles. The number of rotatable bonds is 2. The zero-order valence-electron chi connectivity index (χ0n) is 9.24. The molecule has 0 amide bonds. The molecule has 2 nitrogen and oxygen atoms in total. The number of benzene rings is 1. The van der Waals surface area contributed by atoms with Gasteiger partial charge in [0.15, 0.2) is 6.29 Å². The number of carbonyl (C=O) groups is 1. The minimum absolute atomic E-state index is 0.322. The number of hydrogen-bond donors (Lipinski definition) is 0. The van der Waals surface area contributed by atoms with Crippen LogP contribution in [-0.4, -0.2) is 19.4 Å². The van der Waals surface area contributed by atoms with Gasteiger partial charge in [-0.05, 0) is 25.5 Å². The Balaban J connectivity index is 2.36. The van der Waals surface area contributed by atoms with Gasteiger partial charge < -0.3 is 4.90 Å². The zero-order valence-corrected chi connectivity index (χ0v) is 9.24. The zero-order chi connectivity index (χ0) is 11.5. The molecule has 16 heavy (non-hydrogen) atoms. The summed E-state index contributed by atoms with van der Waals surface area (Å²) in [6.45, 7) is 3.51. The Bertz CT molecular complexity index is 440. The normalized spacial score (nSPS) is 15.9. The molecule has 0 saturated carbocycles. The van der Waals surface area contributed by atoms with Crippen molar-refractivity contribution in [2.24, 2.45) is 0 Å². The third kappa shape index (κ3) is 1.98. The van der Waals surface area contributed by atoms with Crippen molar-refractivity contribution in [1.82, 2.24) is 0 Å². The Hall–Kier alpha value is -1.64. The molecule has 0 atom stereocenters. The van der Waals surface area contributed by atoms with Gasteiger partial charge in [0.05, 0.1) is 5.69 Å². The van der Waals surface area contributed by atoms with Crippen LogP contribution in [0.15, 0.2) is 29.8 Å². The second-order valence-corrected chi connectivity index (χ2v) is 4.04. The van der Waals surface area contributed by atoms with E-state index in [9.17, 15) is 9.18 Å². The molecular weight excluding hydrogens is 205 g/mol. The summed E-state index contributed by atoms with van der Waals surface area (Å²) in [6, 6.07) is 4.61. The molecule has 0 unspecified atom stereocenters. The summed E-state index contributed by atoms with van der Waals surface area (Å²) in [5.74, 6) is -0.322. The molecule has 0 radical (unpaired) electrons. The van der Waals surface area contributed by atoms with Gasteiger partial charge in [-0.3, -0.25) is 4.79 Å². The number of para-hydroxylation sites is 1. The lowest BCUT2D eigenvalue weighted by Gasteiger charge is -2.28.